The monoisotopic (exact) mass is 278 g/mol. The van der Waals surface area contributed by atoms with Crippen LogP contribution in [0, 0.1) is 0 Å². The molecule has 0 saturated heterocycles. The predicted molar refractivity (Wildman–Crippen MR) is 55.9 cm³/mol. The van der Waals surface area contributed by atoms with Gasteiger partial charge >= 0.3 is 18.1 Å². The molecule has 0 radical (unpaired) electrons. The molecule has 0 spiro atoms. The van der Waals surface area contributed by atoms with Crippen LogP contribution in [-0.4, -0.2) is 30.8 Å². The summed E-state index contributed by atoms with van der Waals surface area (Å²) in [6, 6.07) is 2.23. The number of benzene rings is 1. The van der Waals surface area contributed by atoms with Crippen molar-refractivity contribution in [2.24, 2.45) is 0 Å². The number of halogens is 3. The van der Waals surface area contributed by atoms with Gasteiger partial charge in [-0.2, -0.15) is 13.2 Å². The molecule has 0 unspecified atom stereocenters. The number of esters is 1. The van der Waals surface area contributed by atoms with Gasteiger partial charge in [0.2, 0.25) is 0 Å². The molecule has 0 aromatic heterocycles. The van der Waals surface area contributed by atoms with Crippen molar-refractivity contribution in [3.63, 3.8) is 0 Å². The summed E-state index contributed by atoms with van der Waals surface area (Å²) < 4.78 is 47.0. The minimum Gasteiger partial charge on any atom is -0.481 e. The fourth-order valence-corrected chi connectivity index (χ4v) is 1.21. The molecule has 0 saturated carbocycles. The van der Waals surface area contributed by atoms with Gasteiger partial charge in [-0.05, 0) is 18.2 Å². The highest BCUT2D eigenvalue weighted by atomic mass is 19.4. The van der Waals surface area contributed by atoms with Crippen LogP contribution in [0.2, 0.25) is 0 Å². The Balaban J connectivity index is 3.10. The topological polar surface area (TPSA) is 72.8 Å². The van der Waals surface area contributed by atoms with E-state index in [0.717, 1.165) is 19.2 Å². The quantitative estimate of drug-likeness (QED) is 0.852. The molecule has 0 amide bonds. The molecule has 19 heavy (non-hydrogen) atoms. The number of ether oxygens (including phenoxy) is 2. The van der Waals surface area contributed by atoms with Gasteiger partial charge in [-0.15, -0.1) is 0 Å². The summed E-state index contributed by atoms with van der Waals surface area (Å²) in [5.41, 5.74) is -1.80. The minimum atomic E-state index is -4.79. The van der Waals surface area contributed by atoms with Crippen molar-refractivity contribution in [3.8, 4) is 5.75 Å². The van der Waals surface area contributed by atoms with E-state index in [1.807, 2.05) is 0 Å². The highest BCUT2D eigenvalue weighted by Crippen LogP contribution is 2.36. The molecular formula is C11H9F3O5. The second-order valence-electron chi connectivity index (χ2n) is 3.38. The fourth-order valence-electron chi connectivity index (χ4n) is 1.21. The van der Waals surface area contributed by atoms with Gasteiger partial charge in [0, 0.05) is 0 Å². The van der Waals surface area contributed by atoms with Crippen molar-refractivity contribution in [2.75, 3.05) is 13.7 Å². The molecule has 8 heteroatoms. The van der Waals surface area contributed by atoms with Gasteiger partial charge in [0.15, 0.2) is 6.61 Å². The van der Waals surface area contributed by atoms with Crippen molar-refractivity contribution < 1.29 is 37.3 Å². The Morgan fingerprint density at radius 3 is 2.42 bits per heavy atom. The molecule has 0 atom stereocenters. The molecule has 0 fully saturated rings. The van der Waals surface area contributed by atoms with E-state index in [4.69, 9.17) is 5.11 Å². The second-order valence-corrected chi connectivity index (χ2v) is 3.38. The zero-order valence-electron chi connectivity index (χ0n) is 9.65. The molecule has 1 aromatic rings. The maximum absolute atomic E-state index is 12.7. The SMILES string of the molecule is COC(=O)COc1ccc(C(=O)O)cc1C(F)(F)F. The van der Waals surface area contributed by atoms with E-state index in [2.05, 4.69) is 9.47 Å². The Kier molecular flexibility index (Phi) is 4.36. The van der Waals surface area contributed by atoms with Crippen molar-refractivity contribution in [1.82, 2.24) is 0 Å². The molecule has 0 heterocycles. The van der Waals surface area contributed by atoms with Crippen LogP contribution in [0.4, 0.5) is 13.2 Å². The number of aromatic carboxylic acids is 1. The first kappa shape index (κ1) is 14.8. The predicted octanol–water partition coefficient (Wildman–Crippen LogP) is 1.96. The zero-order chi connectivity index (χ0) is 14.6. The van der Waals surface area contributed by atoms with E-state index in [9.17, 15) is 22.8 Å². The van der Waals surface area contributed by atoms with Gasteiger partial charge in [0.25, 0.3) is 0 Å². The smallest absolute Gasteiger partial charge is 0.419 e. The minimum absolute atomic E-state index is 0.439. The number of rotatable bonds is 4. The largest absolute Gasteiger partial charge is 0.481 e. The number of hydrogen-bond donors (Lipinski definition) is 1. The number of carboxylic acid groups (broad SMARTS) is 1. The number of alkyl halides is 3. The molecule has 0 bridgehead atoms. The van der Waals surface area contributed by atoms with Gasteiger partial charge in [0.1, 0.15) is 5.75 Å². The third-order valence-corrected chi connectivity index (χ3v) is 2.11. The van der Waals surface area contributed by atoms with Gasteiger partial charge in [-0.1, -0.05) is 0 Å². The number of carbonyl (C=O) groups excluding carboxylic acids is 1. The van der Waals surface area contributed by atoms with E-state index >= 15 is 0 Å². The first-order valence-electron chi connectivity index (χ1n) is 4.90. The van der Waals surface area contributed by atoms with Gasteiger partial charge in [-0.3, -0.25) is 0 Å². The third-order valence-electron chi connectivity index (χ3n) is 2.11. The summed E-state index contributed by atoms with van der Waals surface area (Å²) in [6.45, 7) is -0.702. The van der Waals surface area contributed by atoms with Crippen LogP contribution in [0.1, 0.15) is 15.9 Å². The maximum atomic E-state index is 12.7. The van der Waals surface area contributed by atoms with Crippen molar-refractivity contribution >= 4 is 11.9 Å². The van der Waals surface area contributed by atoms with E-state index in [1.54, 1.807) is 0 Å². The Bertz CT molecular complexity index is 496. The molecule has 1 N–H and O–H groups in total. The third kappa shape index (κ3) is 3.87. The van der Waals surface area contributed by atoms with E-state index < -0.39 is 41.6 Å². The molecule has 0 aliphatic carbocycles. The molecule has 104 valence electrons. The Labute approximate surface area is 105 Å². The average Bonchev–Trinajstić information content (AvgIpc) is 2.34. The first-order valence-corrected chi connectivity index (χ1v) is 4.90. The second kappa shape index (κ2) is 5.59. The van der Waals surface area contributed by atoms with Crippen LogP contribution in [0.25, 0.3) is 0 Å². The standard InChI is InChI=1S/C11H9F3O5/c1-18-9(15)5-19-8-3-2-6(10(16)17)4-7(8)11(12,13)14/h2-4H,5H2,1H3,(H,16,17). The molecule has 5 nitrogen and oxygen atoms in total. The van der Waals surface area contributed by atoms with Crippen LogP contribution >= 0.6 is 0 Å². The van der Waals surface area contributed by atoms with Gasteiger partial charge < -0.3 is 14.6 Å². The maximum Gasteiger partial charge on any atom is 0.419 e. The molecule has 1 aromatic carbocycles. The normalized spacial score (nSPS) is 10.9. The lowest BCUT2D eigenvalue weighted by Gasteiger charge is -2.13. The zero-order valence-corrected chi connectivity index (χ0v) is 9.65. The highest BCUT2D eigenvalue weighted by Gasteiger charge is 2.35. The average molecular weight is 278 g/mol. The van der Waals surface area contributed by atoms with E-state index in [-0.39, 0.29) is 0 Å². The molecule has 1 rings (SSSR count). The molecular weight excluding hydrogens is 269 g/mol. The lowest BCUT2D eigenvalue weighted by atomic mass is 10.1. The van der Waals surface area contributed by atoms with Crippen LogP contribution < -0.4 is 4.74 Å². The van der Waals surface area contributed by atoms with Crippen molar-refractivity contribution in [2.45, 2.75) is 6.18 Å². The molecule has 0 aliphatic heterocycles. The summed E-state index contributed by atoms with van der Waals surface area (Å²) in [5.74, 6) is -2.98. The van der Waals surface area contributed by atoms with E-state index in [1.165, 1.54) is 0 Å². The summed E-state index contributed by atoms with van der Waals surface area (Å²) in [7, 11) is 1.06. The molecule has 0 aliphatic rings. The van der Waals surface area contributed by atoms with Crippen molar-refractivity contribution in [3.05, 3.63) is 29.3 Å². The van der Waals surface area contributed by atoms with Crippen LogP contribution in [-0.2, 0) is 15.7 Å². The lowest BCUT2D eigenvalue weighted by Crippen LogP contribution is -2.16. The van der Waals surface area contributed by atoms with Crippen LogP contribution in [0.5, 0.6) is 5.75 Å². The van der Waals surface area contributed by atoms with Crippen molar-refractivity contribution in [1.29, 1.82) is 0 Å². The number of carbonyl (C=O) groups is 2. The van der Waals surface area contributed by atoms with Gasteiger partial charge in [-0.25, -0.2) is 9.59 Å². The van der Waals surface area contributed by atoms with Gasteiger partial charge in [0.05, 0.1) is 18.2 Å². The summed E-state index contributed by atoms with van der Waals surface area (Å²) in [4.78, 5) is 21.4. The fraction of sp³-hybridized carbons (Fsp3) is 0.273. The first-order chi connectivity index (χ1) is 8.75. The summed E-state index contributed by atoms with van der Waals surface area (Å²) >= 11 is 0. The highest BCUT2D eigenvalue weighted by molar-refractivity contribution is 5.88. The lowest BCUT2D eigenvalue weighted by molar-refractivity contribution is -0.145. The number of hydrogen-bond acceptors (Lipinski definition) is 4. The Hall–Kier alpha value is -2.25. The van der Waals surface area contributed by atoms with Crippen LogP contribution in [0.3, 0.4) is 0 Å². The Morgan fingerprint density at radius 2 is 1.95 bits per heavy atom. The number of carboxylic acids is 1. The summed E-state index contributed by atoms with van der Waals surface area (Å²) in [5, 5.41) is 8.64. The Morgan fingerprint density at radius 1 is 1.32 bits per heavy atom. The number of methoxy groups -OCH3 is 1. The van der Waals surface area contributed by atoms with Crippen LogP contribution in [0.15, 0.2) is 18.2 Å². The van der Waals surface area contributed by atoms with E-state index in [0.29, 0.717) is 6.07 Å². The summed E-state index contributed by atoms with van der Waals surface area (Å²) in [6.07, 6.45) is -4.79.